The quantitative estimate of drug-likeness (QED) is 0.921. The summed E-state index contributed by atoms with van der Waals surface area (Å²) < 4.78 is 22.1. The maximum Gasteiger partial charge on any atom is 0.149 e. The Bertz CT molecular complexity index is 642. The molecule has 1 aromatic carbocycles. The first kappa shape index (κ1) is 14.1. The lowest BCUT2D eigenvalue weighted by atomic mass is 10.1. The van der Waals surface area contributed by atoms with Crippen LogP contribution >= 0.6 is 11.3 Å². The minimum atomic E-state index is -2.90. The van der Waals surface area contributed by atoms with E-state index >= 15 is 0 Å². The van der Waals surface area contributed by atoms with E-state index in [0.717, 1.165) is 5.69 Å². The standard InChI is InChI=1S/C14H17NO2S2/c1-11-14(7-9-18-11)12-3-5-13(6-4-12)15-8-10-19(2,16)17/h3-7,9,15H,8,10H2,1-2H3. The minimum absolute atomic E-state index is 0.151. The molecule has 5 heteroatoms. The van der Waals surface area contributed by atoms with E-state index < -0.39 is 9.84 Å². The Kier molecular flexibility index (Phi) is 4.27. The molecule has 1 N–H and O–H groups in total. The molecule has 0 bridgehead atoms. The molecule has 2 rings (SSSR count). The fraction of sp³-hybridized carbons (Fsp3) is 0.286. The van der Waals surface area contributed by atoms with Crippen molar-refractivity contribution in [2.75, 3.05) is 23.9 Å². The van der Waals surface area contributed by atoms with Crippen LogP contribution in [0.2, 0.25) is 0 Å². The van der Waals surface area contributed by atoms with Gasteiger partial charge in [-0.1, -0.05) is 12.1 Å². The zero-order valence-corrected chi connectivity index (χ0v) is 12.6. The van der Waals surface area contributed by atoms with Crippen LogP contribution in [0.25, 0.3) is 11.1 Å². The molecule has 1 aromatic heterocycles. The SMILES string of the molecule is Cc1sccc1-c1ccc(NCCS(C)(=O)=O)cc1. The number of aryl methyl sites for hydroxylation is 1. The Labute approximate surface area is 118 Å². The second-order valence-corrected chi connectivity index (χ2v) is 7.90. The normalized spacial score (nSPS) is 11.5. The third-order valence-electron chi connectivity index (χ3n) is 2.86. The maximum atomic E-state index is 11.0. The van der Waals surface area contributed by atoms with Gasteiger partial charge in [0.15, 0.2) is 0 Å². The molecule has 1 heterocycles. The average Bonchev–Trinajstić information content (AvgIpc) is 2.75. The highest BCUT2D eigenvalue weighted by atomic mass is 32.2. The lowest BCUT2D eigenvalue weighted by molar-refractivity contribution is 0.602. The van der Waals surface area contributed by atoms with Crippen LogP contribution in [-0.4, -0.2) is 27.0 Å². The van der Waals surface area contributed by atoms with E-state index in [2.05, 4.69) is 35.8 Å². The molecule has 0 spiro atoms. The van der Waals surface area contributed by atoms with Gasteiger partial charge in [-0.15, -0.1) is 11.3 Å². The predicted molar refractivity (Wildman–Crippen MR) is 82.7 cm³/mol. The van der Waals surface area contributed by atoms with Gasteiger partial charge in [-0.05, 0) is 41.6 Å². The Morgan fingerprint density at radius 3 is 2.37 bits per heavy atom. The molecule has 2 aromatic rings. The van der Waals surface area contributed by atoms with Crippen LogP contribution in [0.3, 0.4) is 0 Å². The van der Waals surface area contributed by atoms with Crippen LogP contribution in [0.15, 0.2) is 35.7 Å². The molecular formula is C14H17NO2S2. The molecule has 0 aliphatic rings. The number of thiophene rings is 1. The smallest absolute Gasteiger partial charge is 0.149 e. The lowest BCUT2D eigenvalue weighted by Gasteiger charge is -2.07. The van der Waals surface area contributed by atoms with Gasteiger partial charge in [-0.3, -0.25) is 0 Å². The summed E-state index contributed by atoms with van der Waals surface area (Å²) in [5.41, 5.74) is 3.39. The molecule has 0 saturated carbocycles. The summed E-state index contributed by atoms with van der Waals surface area (Å²) in [4.78, 5) is 1.30. The number of anilines is 1. The summed E-state index contributed by atoms with van der Waals surface area (Å²) in [6.45, 7) is 2.55. The third-order valence-corrected chi connectivity index (χ3v) is 4.65. The molecule has 0 aliphatic carbocycles. The van der Waals surface area contributed by atoms with Crippen molar-refractivity contribution in [2.45, 2.75) is 6.92 Å². The number of rotatable bonds is 5. The number of hydrogen-bond acceptors (Lipinski definition) is 4. The molecule has 102 valence electrons. The van der Waals surface area contributed by atoms with Crippen LogP contribution in [0.4, 0.5) is 5.69 Å². The van der Waals surface area contributed by atoms with Crippen LogP contribution < -0.4 is 5.32 Å². The van der Waals surface area contributed by atoms with Crippen molar-refractivity contribution in [3.05, 3.63) is 40.6 Å². The first-order valence-electron chi connectivity index (χ1n) is 6.02. The summed E-state index contributed by atoms with van der Waals surface area (Å²) in [7, 11) is -2.90. The highest BCUT2D eigenvalue weighted by Gasteiger charge is 2.04. The van der Waals surface area contributed by atoms with Gasteiger partial charge in [-0.25, -0.2) is 8.42 Å². The van der Waals surface area contributed by atoms with E-state index in [0.29, 0.717) is 6.54 Å². The van der Waals surface area contributed by atoms with Crippen LogP contribution in [0, 0.1) is 6.92 Å². The van der Waals surface area contributed by atoms with Crippen molar-refractivity contribution in [1.82, 2.24) is 0 Å². The molecule has 0 aliphatic heterocycles. The van der Waals surface area contributed by atoms with E-state index in [-0.39, 0.29) is 5.75 Å². The molecular weight excluding hydrogens is 278 g/mol. The van der Waals surface area contributed by atoms with Gasteiger partial charge in [0.25, 0.3) is 0 Å². The second kappa shape index (κ2) is 5.75. The summed E-state index contributed by atoms with van der Waals surface area (Å²) in [5.74, 6) is 0.151. The zero-order chi connectivity index (χ0) is 13.9. The topological polar surface area (TPSA) is 46.2 Å². The van der Waals surface area contributed by atoms with Crippen molar-refractivity contribution in [3.8, 4) is 11.1 Å². The van der Waals surface area contributed by atoms with E-state index in [1.165, 1.54) is 22.3 Å². The number of sulfone groups is 1. The van der Waals surface area contributed by atoms with Crippen molar-refractivity contribution < 1.29 is 8.42 Å². The van der Waals surface area contributed by atoms with Crippen LogP contribution in [-0.2, 0) is 9.84 Å². The molecule has 0 unspecified atom stereocenters. The monoisotopic (exact) mass is 295 g/mol. The molecule has 0 radical (unpaired) electrons. The first-order chi connectivity index (χ1) is 8.96. The molecule has 0 atom stereocenters. The second-order valence-electron chi connectivity index (χ2n) is 4.52. The van der Waals surface area contributed by atoms with Crippen LogP contribution in [0.1, 0.15) is 4.88 Å². The van der Waals surface area contributed by atoms with E-state index in [1.807, 2.05) is 12.1 Å². The largest absolute Gasteiger partial charge is 0.384 e. The number of benzene rings is 1. The van der Waals surface area contributed by atoms with Gasteiger partial charge in [0.05, 0.1) is 5.75 Å². The summed E-state index contributed by atoms with van der Waals surface area (Å²) >= 11 is 1.74. The van der Waals surface area contributed by atoms with Crippen molar-refractivity contribution in [2.24, 2.45) is 0 Å². The molecule has 3 nitrogen and oxygen atoms in total. The Balaban J connectivity index is 2.01. The van der Waals surface area contributed by atoms with Gasteiger partial charge in [0.1, 0.15) is 9.84 Å². The zero-order valence-electron chi connectivity index (χ0n) is 11.0. The number of hydrogen-bond donors (Lipinski definition) is 1. The predicted octanol–water partition coefficient (Wildman–Crippen LogP) is 3.18. The Hall–Kier alpha value is -1.33. The van der Waals surface area contributed by atoms with E-state index in [9.17, 15) is 8.42 Å². The lowest BCUT2D eigenvalue weighted by Crippen LogP contribution is -2.13. The van der Waals surface area contributed by atoms with Gasteiger partial charge >= 0.3 is 0 Å². The first-order valence-corrected chi connectivity index (χ1v) is 8.96. The van der Waals surface area contributed by atoms with Crippen molar-refractivity contribution >= 4 is 26.9 Å². The average molecular weight is 295 g/mol. The van der Waals surface area contributed by atoms with Crippen molar-refractivity contribution in [1.29, 1.82) is 0 Å². The minimum Gasteiger partial charge on any atom is -0.384 e. The maximum absolute atomic E-state index is 11.0. The Morgan fingerprint density at radius 2 is 1.84 bits per heavy atom. The molecule has 0 saturated heterocycles. The summed E-state index contributed by atoms with van der Waals surface area (Å²) in [6.07, 6.45) is 1.25. The number of nitrogens with one attached hydrogen (secondary N) is 1. The fourth-order valence-corrected chi connectivity index (χ4v) is 3.03. The van der Waals surface area contributed by atoms with Gasteiger partial charge in [0.2, 0.25) is 0 Å². The highest BCUT2D eigenvalue weighted by molar-refractivity contribution is 7.90. The molecule has 0 amide bonds. The van der Waals surface area contributed by atoms with Crippen molar-refractivity contribution in [3.63, 3.8) is 0 Å². The van der Waals surface area contributed by atoms with Gasteiger partial charge in [-0.2, -0.15) is 0 Å². The Morgan fingerprint density at radius 1 is 1.16 bits per heavy atom. The summed E-state index contributed by atoms with van der Waals surface area (Å²) in [6, 6.07) is 10.2. The van der Waals surface area contributed by atoms with Crippen LogP contribution in [0.5, 0.6) is 0 Å². The van der Waals surface area contributed by atoms with E-state index in [1.54, 1.807) is 11.3 Å². The fourth-order valence-electron chi connectivity index (χ4n) is 1.83. The third kappa shape index (κ3) is 4.08. The molecule has 0 fully saturated rings. The van der Waals surface area contributed by atoms with Gasteiger partial charge < -0.3 is 5.32 Å². The summed E-state index contributed by atoms with van der Waals surface area (Å²) in [5, 5.41) is 5.20. The highest BCUT2D eigenvalue weighted by Crippen LogP contribution is 2.28. The van der Waals surface area contributed by atoms with Gasteiger partial charge in [0, 0.05) is 23.4 Å². The molecule has 19 heavy (non-hydrogen) atoms. The van der Waals surface area contributed by atoms with E-state index in [4.69, 9.17) is 0 Å².